The second kappa shape index (κ2) is 13.8. The van der Waals surface area contributed by atoms with Gasteiger partial charge < -0.3 is 16.6 Å². The number of ether oxygens (including phenoxy) is 2. The van der Waals surface area contributed by atoms with Crippen molar-refractivity contribution in [3.05, 3.63) is 71.8 Å². The Balaban J connectivity index is 0.00000230. The molecule has 0 amide bonds. The number of hydroxylamine groups is 1. The van der Waals surface area contributed by atoms with E-state index in [1.165, 1.54) is 24.4 Å². The molecule has 3 aromatic heterocycles. The number of hydrogen-bond acceptors (Lipinski definition) is 14. The number of anilines is 1. The van der Waals surface area contributed by atoms with Crippen molar-refractivity contribution >= 4 is 26.9 Å². The van der Waals surface area contributed by atoms with E-state index < -0.39 is 10.0 Å². The monoisotopic (exact) mass is 631 g/mol. The molecule has 4 heterocycles. The number of aromatic nitrogens is 5. The predicted octanol–water partition coefficient (Wildman–Crippen LogP) is -0.103. The average Bonchev–Trinajstić information content (AvgIpc) is 3.63. The minimum absolute atomic E-state index is 0. The van der Waals surface area contributed by atoms with E-state index in [4.69, 9.17) is 19.8 Å². The van der Waals surface area contributed by atoms with Gasteiger partial charge in [-0.05, 0) is 34.6 Å². The fourth-order valence-corrected chi connectivity index (χ4v) is 5.78. The summed E-state index contributed by atoms with van der Waals surface area (Å²) in [5.74, 6) is 0.790. The largest absolute Gasteiger partial charge is 1.00 e. The number of nitrogens with two attached hydrogens (primary N) is 1. The second-order valence-electron chi connectivity index (χ2n) is 9.33. The zero-order valence-corrected chi connectivity index (χ0v) is 26.3. The smallest absolute Gasteiger partial charge is 1.00 e. The molecule has 5 aromatic rings. The molecule has 18 heteroatoms. The Morgan fingerprint density at radius 2 is 1.86 bits per heavy atom. The Bertz CT molecular complexity index is 1850. The van der Waals surface area contributed by atoms with Crippen LogP contribution in [0.1, 0.15) is 1.43 Å². The number of sulfonamides is 1. The molecular formula is C26H26N9NaO7S. The molecule has 1 fully saturated rings. The molecule has 224 valence electrons. The topological polar surface area (TPSA) is 193 Å². The van der Waals surface area contributed by atoms with Gasteiger partial charge >= 0.3 is 29.6 Å². The van der Waals surface area contributed by atoms with Gasteiger partial charge in [0.05, 0.1) is 36.4 Å². The van der Waals surface area contributed by atoms with E-state index in [1.54, 1.807) is 16.7 Å². The summed E-state index contributed by atoms with van der Waals surface area (Å²) < 4.78 is 45.2. The summed E-state index contributed by atoms with van der Waals surface area (Å²) in [6, 6.07) is 16.8. The van der Waals surface area contributed by atoms with Crippen LogP contribution >= 0.6 is 0 Å². The van der Waals surface area contributed by atoms with Gasteiger partial charge in [-0.2, -0.15) is 0 Å². The first-order chi connectivity index (χ1) is 20.9. The first kappa shape index (κ1) is 31.5. The van der Waals surface area contributed by atoms with Crippen molar-refractivity contribution < 1.29 is 58.4 Å². The minimum Gasteiger partial charge on any atom is -1.00 e. The number of hydrogen-bond donors (Lipinski definition) is 1. The Labute approximate surface area is 274 Å². The number of pyridine rings is 1. The molecule has 1 aliphatic rings. The third kappa shape index (κ3) is 6.58. The number of imidazole rings is 1. The first-order valence-corrected chi connectivity index (χ1v) is 14.5. The summed E-state index contributed by atoms with van der Waals surface area (Å²) in [5.41, 5.74) is 8.10. The van der Waals surface area contributed by atoms with Gasteiger partial charge in [-0.15, -0.1) is 4.91 Å². The molecule has 0 spiro atoms. The fourth-order valence-electron chi connectivity index (χ4n) is 4.59. The van der Waals surface area contributed by atoms with E-state index in [-0.39, 0.29) is 65.6 Å². The molecule has 0 unspecified atom stereocenters. The molecule has 0 aliphatic carbocycles. The fraction of sp³-hybridized carbons (Fsp3) is 0.231. The van der Waals surface area contributed by atoms with Gasteiger partial charge in [-0.25, -0.2) is 28.0 Å². The summed E-state index contributed by atoms with van der Waals surface area (Å²) in [6.45, 7) is 2.56. The van der Waals surface area contributed by atoms with Crippen molar-refractivity contribution in [2.45, 2.75) is 4.90 Å². The van der Waals surface area contributed by atoms with Gasteiger partial charge in [0.25, 0.3) is 10.0 Å². The molecule has 0 atom stereocenters. The van der Waals surface area contributed by atoms with Gasteiger partial charge in [-0.3, -0.25) is 9.47 Å². The van der Waals surface area contributed by atoms with Crippen molar-refractivity contribution in [3.8, 4) is 28.8 Å². The van der Waals surface area contributed by atoms with E-state index in [1.807, 2.05) is 35.2 Å². The zero-order valence-electron chi connectivity index (χ0n) is 24.5. The average molecular weight is 632 g/mol. The van der Waals surface area contributed by atoms with Crippen molar-refractivity contribution in [3.63, 3.8) is 0 Å². The Hall–Kier alpha value is -3.97. The van der Waals surface area contributed by atoms with Gasteiger partial charge in [-0.1, -0.05) is 24.3 Å². The zero-order chi connectivity index (χ0) is 29.8. The van der Waals surface area contributed by atoms with Crippen molar-refractivity contribution in [1.82, 2.24) is 34.2 Å². The van der Waals surface area contributed by atoms with Crippen LogP contribution in [-0.4, -0.2) is 82.0 Å². The van der Waals surface area contributed by atoms with Crippen LogP contribution < -0.4 is 40.0 Å². The molecule has 1 saturated heterocycles. The first-order valence-electron chi connectivity index (χ1n) is 13.1. The molecular weight excluding hydrogens is 605 g/mol. The van der Waals surface area contributed by atoms with Crippen LogP contribution in [0.3, 0.4) is 0 Å². The number of morpholine rings is 1. The molecule has 44 heavy (non-hydrogen) atoms. The SMILES string of the molecule is Nc1nonc1-c1nc2cnc(Oc3cccc(S(=O)(=O)N(CCN4CCOCC4)ON=O)c3)cc2n1-c1ccccc1.[H-].[Na+]. The Kier molecular flexibility index (Phi) is 9.84. The number of fused-ring (bicyclic) bond motifs is 1. The predicted molar refractivity (Wildman–Crippen MR) is 152 cm³/mol. The summed E-state index contributed by atoms with van der Waals surface area (Å²) in [4.78, 5) is 26.4. The number of benzene rings is 2. The van der Waals surface area contributed by atoms with E-state index >= 15 is 0 Å². The second-order valence-corrected chi connectivity index (χ2v) is 11.2. The van der Waals surface area contributed by atoms with Crippen molar-refractivity contribution in [2.75, 3.05) is 45.1 Å². The minimum atomic E-state index is -4.27. The number of rotatable bonds is 11. The molecule has 6 rings (SSSR count). The molecule has 1 aliphatic heterocycles. The maximum atomic E-state index is 13.4. The third-order valence-electron chi connectivity index (χ3n) is 6.68. The maximum Gasteiger partial charge on any atom is 1.00 e. The van der Waals surface area contributed by atoms with Crippen molar-refractivity contribution in [2.24, 2.45) is 5.34 Å². The van der Waals surface area contributed by atoms with Gasteiger partial charge in [0, 0.05) is 41.9 Å². The third-order valence-corrected chi connectivity index (χ3v) is 8.31. The van der Waals surface area contributed by atoms with Crippen LogP contribution in [-0.2, 0) is 19.7 Å². The van der Waals surface area contributed by atoms with Crippen LogP contribution in [0.2, 0.25) is 0 Å². The molecule has 16 nitrogen and oxygen atoms in total. The molecule has 0 saturated carbocycles. The summed E-state index contributed by atoms with van der Waals surface area (Å²) in [6.07, 6.45) is 1.51. The van der Waals surface area contributed by atoms with Crippen LogP contribution in [0.5, 0.6) is 11.6 Å². The summed E-state index contributed by atoms with van der Waals surface area (Å²) in [7, 11) is -4.27. The molecule has 2 aromatic carbocycles. The van der Waals surface area contributed by atoms with E-state index in [0.29, 0.717) is 54.2 Å². The Morgan fingerprint density at radius 3 is 2.59 bits per heavy atom. The summed E-state index contributed by atoms with van der Waals surface area (Å²) in [5, 5.41) is 9.92. The van der Waals surface area contributed by atoms with Gasteiger partial charge in [0.15, 0.2) is 22.7 Å². The Morgan fingerprint density at radius 1 is 1.07 bits per heavy atom. The van der Waals surface area contributed by atoms with Crippen LogP contribution in [0, 0.1) is 4.91 Å². The molecule has 0 bridgehead atoms. The normalized spacial score (nSPS) is 13.9. The standard InChI is InChI=1S/C26H25N9O7S.Na.H/c27-25-24(30-41-31-25)26-29-21-17-28-23(16-22(21)35(26)18-5-2-1-3-6-18)40-19-7-4-8-20(15-19)43(37,38)34(42-32-36)10-9-33-11-13-39-14-12-33;;/h1-8,15-17H,9-14H2,(H2,27,31);;/q;+1;-1. The number of nitrogen functional groups attached to an aromatic ring is 1. The van der Waals surface area contributed by atoms with Gasteiger partial charge in [0.1, 0.15) is 11.3 Å². The maximum absolute atomic E-state index is 13.4. The quantitative estimate of drug-likeness (QED) is 0.115. The van der Waals surface area contributed by atoms with Crippen molar-refractivity contribution in [1.29, 1.82) is 0 Å². The molecule has 2 N–H and O–H groups in total. The van der Waals surface area contributed by atoms with Crippen LogP contribution in [0.4, 0.5) is 5.82 Å². The van der Waals surface area contributed by atoms with Gasteiger partial charge in [0.2, 0.25) is 5.88 Å². The van der Waals surface area contributed by atoms with Crippen LogP contribution in [0.25, 0.3) is 28.2 Å². The number of para-hydroxylation sites is 1. The van der Waals surface area contributed by atoms with E-state index in [9.17, 15) is 13.3 Å². The van der Waals surface area contributed by atoms with E-state index in [0.717, 1.165) is 5.69 Å². The number of nitrogens with zero attached hydrogens (tertiary/aromatic N) is 8. The molecule has 0 radical (unpaired) electrons. The summed E-state index contributed by atoms with van der Waals surface area (Å²) >= 11 is 0. The van der Waals surface area contributed by atoms with Crippen LogP contribution in [0.15, 0.2) is 81.7 Å². The van der Waals surface area contributed by atoms with E-state index in [2.05, 4.69) is 30.6 Å².